The summed E-state index contributed by atoms with van der Waals surface area (Å²) in [5.74, 6) is -1.73. The Kier molecular flexibility index (Phi) is 4.69. The molecule has 3 fully saturated rings. The smallest absolute Gasteiger partial charge is 0.330 e. The number of fused-ring (bicyclic) bond motifs is 5. The number of hydrogen-bond acceptors (Lipinski definition) is 7. The lowest BCUT2D eigenvalue weighted by molar-refractivity contribution is -0.240. The van der Waals surface area contributed by atoms with Gasteiger partial charge in [-0.05, 0) is 38.2 Å². The van der Waals surface area contributed by atoms with Gasteiger partial charge in [0.15, 0.2) is 11.4 Å². The zero-order valence-electron chi connectivity index (χ0n) is 17.1. The van der Waals surface area contributed by atoms with Crippen LogP contribution in [0.25, 0.3) is 0 Å². The van der Waals surface area contributed by atoms with Gasteiger partial charge in [0.2, 0.25) is 0 Å². The fourth-order valence-corrected chi connectivity index (χ4v) is 6.92. The number of ether oxygens (including phenoxy) is 3. The number of halogens is 1. The third kappa shape index (κ3) is 2.60. The number of esters is 2. The van der Waals surface area contributed by atoms with E-state index >= 15 is 0 Å². The Labute approximate surface area is 174 Å². The van der Waals surface area contributed by atoms with Crippen LogP contribution in [0, 0.1) is 22.7 Å². The van der Waals surface area contributed by atoms with Crippen molar-refractivity contribution in [1.29, 1.82) is 0 Å². The predicted octanol–water partition coefficient (Wildman–Crippen LogP) is 1.78. The minimum absolute atomic E-state index is 0.125. The lowest BCUT2D eigenvalue weighted by atomic mass is 9.54. The Bertz CT molecular complexity index is 809. The van der Waals surface area contributed by atoms with E-state index in [9.17, 15) is 19.5 Å². The first-order valence-electron chi connectivity index (χ1n) is 10.0. The van der Waals surface area contributed by atoms with E-state index in [0.29, 0.717) is 18.4 Å². The van der Waals surface area contributed by atoms with E-state index in [4.69, 9.17) is 25.8 Å². The molecule has 0 spiro atoms. The molecule has 8 atom stereocenters. The van der Waals surface area contributed by atoms with Crippen LogP contribution >= 0.6 is 11.6 Å². The number of Topliss-reactive ketones (excluding diaryl/α,β-unsaturated/α-hetero) is 1. The van der Waals surface area contributed by atoms with Crippen LogP contribution < -0.4 is 0 Å². The minimum Gasteiger partial charge on any atom is -0.461 e. The molecular weight excluding hydrogens is 400 g/mol. The molecule has 0 aromatic heterocycles. The van der Waals surface area contributed by atoms with Gasteiger partial charge >= 0.3 is 11.9 Å². The summed E-state index contributed by atoms with van der Waals surface area (Å²) in [7, 11) is 0. The molecule has 8 heteroatoms. The molecule has 2 heterocycles. The van der Waals surface area contributed by atoms with Gasteiger partial charge in [-0.3, -0.25) is 9.59 Å². The Balaban J connectivity index is 1.78. The predicted molar refractivity (Wildman–Crippen MR) is 102 cm³/mol. The Morgan fingerprint density at radius 1 is 1.28 bits per heavy atom. The van der Waals surface area contributed by atoms with Crippen LogP contribution in [0.1, 0.15) is 40.5 Å². The second-order valence-corrected chi connectivity index (χ2v) is 9.84. The van der Waals surface area contributed by atoms with Gasteiger partial charge in [-0.25, -0.2) is 4.79 Å². The average molecular weight is 427 g/mol. The Morgan fingerprint density at radius 2 is 1.97 bits per heavy atom. The van der Waals surface area contributed by atoms with Crippen LogP contribution in [0.5, 0.6) is 0 Å². The second kappa shape index (κ2) is 6.53. The number of hydrogen-bond donors (Lipinski definition) is 1. The van der Waals surface area contributed by atoms with Gasteiger partial charge in [-0.2, -0.15) is 0 Å². The number of alkyl halides is 1. The third-order valence-corrected chi connectivity index (χ3v) is 8.37. The average Bonchev–Trinajstić information content (AvgIpc) is 2.94. The fourth-order valence-electron chi connectivity index (χ4n) is 6.43. The number of ketones is 1. The molecule has 1 N–H and O–H groups in total. The molecule has 2 aliphatic heterocycles. The Hall–Kier alpha value is -1.44. The van der Waals surface area contributed by atoms with Gasteiger partial charge < -0.3 is 19.3 Å². The zero-order chi connectivity index (χ0) is 21.4. The topological polar surface area (TPSA) is 99.1 Å². The van der Waals surface area contributed by atoms with Crippen molar-refractivity contribution in [3.05, 3.63) is 11.6 Å². The van der Waals surface area contributed by atoms with Crippen LogP contribution in [0.15, 0.2) is 11.6 Å². The van der Waals surface area contributed by atoms with Crippen LogP contribution in [0.2, 0.25) is 0 Å². The van der Waals surface area contributed by atoms with Crippen LogP contribution in [-0.2, 0) is 28.6 Å². The third-order valence-electron chi connectivity index (χ3n) is 7.88. The summed E-state index contributed by atoms with van der Waals surface area (Å²) in [5, 5.41) is 10.4. The van der Waals surface area contributed by atoms with Crippen LogP contribution in [-0.4, -0.2) is 59.2 Å². The SMILES string of the molecule is CC(=O)O[C@]1(C(C)=O)CC[C@H]2[C@@H]3[C@H](O)[C@@H](Cl)C4=CC(=O)OC[C@]4(C)[C@H]3OC[C@@]21C. The molecule has 0 unspecified atom stereocenters. The highest BCUT2D eigenvalue weighted by Gasteiger charge is 2.71. The summed E-state index contributed by atoms with van der Waals surface area (Å²) >= 11 is 6.64. The molecule has 4 rings (SSSR count). The molecule has 1 saturated heterocycles. The number of carbonyl (C=O) groups excluding carboxylic acids is 3. The molecule has 160 valence electrons. The molecule has 0 bridgehead atoms. The van der Waals surface area contributed by atoms with Crippen molar-refractivity contribution in [2.24, 2.45) is 22.7 Å². The van der Waals surface area contributed by atoms with E-state index in [2.05, 4.69) is 0 Å². The summed E-state index contributed by atoms with van der Waals surface area (Å²) in [6.45, 7) is 6.89. The minimum atomic E-state index is -1.29. The van der Waals surface area contributed by atoms with Gasteiger partial charge in [0.25, 0.3) is 0 Å². The van der Waals surface area contributed by atoms with Crippen molar-refractivity contribution in [3.63, 3.8) is 0 Å². The van der Waals surface area contributed by atoms with Gasteiger partial charge in [0.1, 0.15) is 6.61 Å². The normalized spacial score (nSPS) is 48.6. The fraction of sp³-hybridized carbons (Fsp3) is 0.762. The lowest BCUT2D eigenvalue weighted by Gasteiger charge is -2.60. The standard InChI is InChI=1S/C21H27ClO7/c1-10(23)21(29-11(2)24)6-5-12-15-17(26)16(22)13-7-14(25)27-8-19(13,3)18(15)28-9-20(12,21)4/h7,12,15-18,26H,5-6,8-9H2,1-4H3/t12-,15+,16-,17-,18-,19-,20-,21-/m0/s1. The van der Waals surface area contributed by atoms with E-state index in [-0.39, 0.29) is 30.8 Å². The second-order valence-electron chi connectivity index (χ2n) is 9.37. The quantitative estimate of drug-likeness (QED) is 0.530. The van der Waals surface area contributed by atoms with Crippen molar-refractivity contribution < 1.29 is 33.7 Å². The number of aliphatic hydroxyl groups is 1. The first kappa shape index (κ1) is 20.8. The molecule has 29 heavy (non-hydrogen) atoms. The van der Waals surface area contributed by atoms with E-state index in [1.807, 2.05) is 13.8 Å². The lowest BCUT2D eigenvalue weighted by Crippen LogP contribution is -2.68. The number of rotatable bonds is 2. The van der Waals surface area contributed by atoms with Gasteiger partial charge in [0.05, 0.1) is 29.6 Å². The van der Waals surface area contributed by atoms with Crippen molar-refractivity contribution >= 4 is 29.3 Å². The summed E-state index contributed by atoms with van der Waals surface area (Å²) in [6.07, 6.45) is 0.958. The molecule has 0 aromatic carbocycles. The van der Waals surface area contributed by atoms with Crippen molar-refractivity contribution in [2.75, 3.05) is 13.2 Å². The molecule has 0 aromatic rings. The van der Waals surface area contributed by atoms with Crippen molar-refractivity contribution in [1.82, 2.24) is 0 Å². The molecule has 0 radical (unpaired) electrons. The first-order chi connectivity index (χ1) is 13.5. The van der Waals surface area contributed by atoms with Crippen LogP contribution in [0.3, 0.4) is 0 Å². The summed E-state index contributed by atoms with van der Waals surface area (Å²) in [5.41, 5.74) is -2.10. The maximum atomic E-state index is 12.7. The summed E-state index contributed by atoms with van der Waals surface area (Å²) in [6, 6.07) is 0. The highest BCUT2D eigenvalue weighted by atomic mass is 35.5. The van der Waals surface area contributed by atoms with Gasteiger partial charge in [0, 0.05) is 24.3 Å². The van der Waals surface area contributed by atoms with Gasteiger partial charge in [-0.1, -0.05) is 6.92 Å². The van der Waals surface area contributed by atoms with E-state index < -0.39 is 46.0 Å². The molecule has 2 saturated carbocycles. The number of aliphatic hydroxyl groups excluding tert-OH is 1. The maximum absolute atomic E-state index is 12.7. The molecule has 4 aliphatic rings. The summed E-state index contributed by atoms with van der Waals surface area (Å²) < 4.78 is 17.3. The molecule has 7 nitrogen and oxygen atoms in total. The van der Waals surface area contributed by atoms with Crippen molar-refractivity contribution in [3.8, 4) is 0 Å². The number of cyclic esters (lactones) is 1. The maximum Gasteiger partial charge on any atom is 0.330 e. The van der Waals surface area contributed by atoms with Crippen LogP contribution in [0.4, 0.5) is 0 Å². The molecule has 0 amide bonds. The van der Waals surface area contributed by atoms with Crippen molar-refractivity contribution in [2.45, 2.75) is 63.7 Å². The van der Waals surface area contributed by atoms with Gasteiger partial charge in [-0.15, -0.1) is 11.6 Å². The van der Waals surface area contributed by atoms with E-state index in [1.165, 1.54) is 19.9 Å². The molecular formula is C21H27ClO7. The first-order valence-corrected chi connectivity index (χ1v) is 10.4. The zero-order valence-corrected chi connectivity index (χ0v) is 17.8. The van der Waals surface area contributed by atoms with E-state index in [0.717, 1.165) is 0 Å². The molecule has 2 aliphatic carbocycles. The highest BCUT2D eigenvalue weighted by Crippen LogP contribution is 2.64. The summed E-state index contributed by atoms with van der Waals surface area (Å²) in [4.78, 5) is 36.4. The van der Waals surface area contributed by atoms with E-state index in [1.54, 1.807) is 0 Å². The highest BCUT2D eigenvalue weighted by molar-refractivity contribution is 6.23. The largest absolute Gasteiger partial charge is 0.461 e. The number of carbonyl (C=O) groups is 3. The Morgan fingerprint density at radius 3 is 2.59 bits per heavy atom. The monoisotopic (exact) mass is 426 g/mol.